The Morgan fingerprint density at radius 3 is 2.62 bits per heavy atom. The number of carboxylic acids is 1. The normalized spacial score (nSPS) is 18.5. The summed E-state index contributed by atoms with van der Waals surface area (Å²) in [6.45, 7) is 1.98. The third-order valence-corrected chi connectivity index (χ3v) is 6.60. The number of carbonyl (C=O) groups is 1. The number of hydrogen-bond acceptors (Lipinski definition) is 4. The van der Waals surface area contributed by atoms with E-state index in [1.54, 1.807) is 0 Å². The van der Waals surface area contributed by atoms with Gasteiger partial charge in [-0.3, -0.25) is 0 Å². The van der Waals surface area contributed by atoms with Crippen molar-refractivity contribution in [3.05, 3.63) is 16.3 Å². The molecule has 0 amide bonds. The summed E-state index contributed by atoms with van der Waals surface area (Å²) in [6.07, 6.45) is 6.41. The van der Waals surface area contributed by atoms with Gasteiger partial charge in [-0.25, -0.2) is 17.9 Å². The molecule has 21 heavy (non-hydrogen) atoms. The molecule has 0 aliphatic heterocycles. The average Bonchev–Trinajstić information content (AvgIpc) is 2.96. The summed E-state index contributed by atoms with van der Waals surface area (Å²) < 4.78 is 27.5. The first kappa shape index (κ1) is 16.5. The second kappa shape index (κ2) is 6.89. The molecule has 0 saturated heterocycles. The topological polar surface area (TPSA) is 83.5 Å². The van der Waals surface area contributed by atoms with Crippen LogP contribution in [0.3, 0.4) is 0 Å². The van der Waals surface area contributed by atoms with E-state index in [1.807, 2.05) is 6.92 Å². The molecule has 0 aromatic carbocycles. The quantitative estimate of drug-likeness (QED) is 0.839. The van der Waals surface area contributed by atoms with Gasteiger partial charge in [-0.15, -0.1) is 11.3 Å². The van der Waals surface area contributed by atoms with E-state index in [2.05, 4.69) is 4.72 Å². The summed E-state index contributed by atoms with van der Waals surface area (Å²) in [5.41, 5.74) is 0. The monoisotopic (exact) mass is 331 g/mol. The maximum absolute atomic E-state index is 12.4. The lowest BCUT2D eigenvalue weighted by Crippen LogP contribution is -2.40. The molecule has 0 bridgehead atoms. The van der Waals surface area contributed by atoms with Crippen LogP contribution in [-0.4, -0.2) is 25.5 Å². The lowest BCUT2D eigenvalue weighted by atomic mass is 9.83. The molecule has 1 saturated carbocycles. The third kappa shape index (κ3) is 4.05. The Bertz CT molecular complexity index is 588. The number of carboxylic acid groups (broad SMARTS) is 1. The molecule has 7 heteroatoms. The lowest BCUT2D eigenvalue weighted by molar-refractivity contribution is 0.0702. The van der Waals surface area contributed by atoms with Crippen LogP contribution in [0.2, 0.25) is 0 Å². The first-order chi connectivity index (χ1) is 9.94. The van der Waals surface area contributed by atoms with Crippen LogP contribution in [0.5, 0.6) is 0 Å². The molecule has 2 N–H and O–H groups in total. The number of nitrogens with one attached hydrogen (secondary N) is 1. The summed E-state index contributed by atoms with van der Waals surface area (Å²) in [4.78, 5) is 11.0. The van der Waals surface area contributed by atoms with Gasteiger partial charge in [0.2, 0.25) is 10.0 Å². The van der Waals surface area contributed by atoms with Crippen molar-refractivity contribution in [3.63, 3.8) is 0 Å². The predicted octanol–water partition coefficient (Wildman–Crippen LogP) is 3.08. The van der Waals surface area contributed by atoms with Gasteiger partial charge in [0.25, 0.3) is 0 Å². The van der Waals surface area contributed by atoms with Crippen LogP contribution >= 0.6 is 11.3 Å². The minimum absolute atomic E-state index is 0.0427. The number of hydrogen-bond donors (Lipinski definition) is 2. The zero-order chi connectivity index (χ0) is 15.5. The second-order valence-electron chi connectivity index (χ2n) is 5.49. The first-order valence-electron chi connectivity index (χ1n) is 7.28. The molecular formula is C14H21NO4S2. The van der Waals surface area contributed by atoms with Crippen molar-refractivity contribution >= 4 is 27.3 Å². The zero-order valence-electron chi connectivity index (χ0n) is 12.0. The van der Waals surface area contributed by atoms with Gasteiger partial charge in [0.15, 0.2) is 0 Å². The Morgan fingerprint density at radius 2 is 2.10 bits per heavy atom. The molecule has 0 radical (unpaired) electrons. The summed E-state index contributed by atoms with van der Waals surface area (Å²) in [5, 5.41) is 10.3. The fraction of sp³-hybridized carbons (Fsp3) is 0.643. The average molecular weight is 331 g/mol. The summed E-state index contributed by atoms with van der Waals surface area (Å²) in [6, 6.07) is 1.16. The van der Waals surface area contributed by atoms with Crippen LogP contribution < -0.4 is 4.72 Å². The highest BCUT2D eigenvalue weighted by molar-refractivity contribution is 7.89. The Morgan fingerprint density at radius 1 is 1.43 bits per heavy atom. The molecule has 1 heterocycles. The molecule has 1 aromatic rings. The summed E-state index contributed by atoms with van der Waals surface area (Å²) in [7, 11) is -3.64. The van der Waals surface area contributed by atoms with Crippen molar-refractivity contribution in [3.8, 4) is 0 Å². The molecule has 0 spiro atoms. The Balaban J connectivity index is 2.12. The summed E-state index contributed by atoms with van der Waals surface area (Å²) in [5.74, 6) is -0.711. The fourth-order valence-electron chi connectivity index (χ4n) is 2.89. The molecule has 1 aliphatic carbocycles. The van der Waals surface area contributed by atoms with Gasteiger partial charge in [0.05, 0.1) is 4.90 Å². The maximum Gasteiger partial charge on any atom is 0.345 e. The van der Waals surface area contributed by atoms with E-state index in [1.165, 1.54) is 17.9 Å². The highest BCUT2D eigenvalue weighted by Gasteiger charge is 2.28. The van der Waals surface area contributed by atoms with Gasteiger partial charge in [-0.05, 0) is 31.2 Å². The molecule has 2 rings (SSSR count). The Labute approximate surface area is 129 Å². The largest absolute Gasteiger partial charge is 0.477 e. The van der Waals surface area contributed by atoms with Crippen molar-refractivity contribution in [1.82, 2.24) is 4.72 Å². The standard InChI is InChI=1S/C14H21NO4S2/c1-2-12(10-6-4-3-5-7-10)15-21(18,19)11-8-13(14(16)17)20-9-11/h8-10,12,15H,2-7H2,1H3,(H,16,17). The van der Waals surface area contributed by atoms with Crippen LogP contribution in [0.15, 0.2) is 16.3 Å². The van der Waals surface area contributed by atoms with Crippen molar-refractivity contribution in [1.29, 1.82) is 0 Å². The van der Waals surface area contributed by atoms with Crippen LogP contribution in [0.1, 0.15) is 55.1 Å². The van der Waals surface area contributed by atoms with Gasteiger partial charge in [0.1, 0.15) is 4.88 Å². The van der Waals surface area contributed by atoms with E-state index in [0.717, 1.165) is 43.4 Å². The molecule has 1 atom stereocenters. The van der Waals surface area contributed by atoms with Gasteiger partial charge in [0, 0.05) is 11.4 Å². The molecular weight excluding hydrogens is 310 g/mol. The van der Waals surface area contributed by atoms with Gasteiger partial charge < -0.3 is 5.11 Å². The molecule has 118 valence electrons. The van der Waals surface area contributed by atoms with Crippen LogP contribution in [0.4, 0.5) is 0 Å². The van der Waals surface area contributed by atoms with E-state index in [0.29, 0.717) is 5.92 Å². The number of aromatic carboxylic acids is 1. The van der Waals surface area contributed by atoms with Crippen molar-refractivity contribution in [2.24, 2.45) is 5.92 Å². The van der Waals surface area contributed by atoms with E-state index >= 15 is 0 Å². The van der Waals surface area contributed by atoms with Crippen molar-refractivity contribution < 1.29 is 18.3 Å². The minimum Gasteiger partial charge on any atom is -0.477 e. The third-order valence-electron chi connectivity index (χ3n) is 4.06. The van der Waals surface area contributed by atoms with E-state index in [-0.39, 0.29) is 15.8 Å². The highest BCUT2D eigenvalue weighted by Crippen LogP contribution is 2.29. The smallest absolute Gasteiger partial charge is 0.345 e. The van der Waals surface area contributed by atoms with Gasteiger partial charge in [-0.2, -0.15) is 0 Å². The van der Waals surface area contributed by atoms with Crippen LogP contribution in [0, 0.1) is 5.92 Å². The highest BCUT2D eigenvalue weighted by atomic mass is 32.2. The van der Waals surface area contributed by atoms with E-state index < -0.39 is 16.0 Å². The number of sulfonamides is 1. The second-order valence-corrected chi connectivity index (χ2v) is 8.11. The predicted molar refractivity (Wildman–Crippen MR) is 82.3 cm³/mol. The van der Waals surface area contributed by atoms with Crippen molar-refractivity contribution in [2.45, 2.75) is 56.4 Å². The van der Waals surface area contributed by atoms with E-state index in [9.17, 15) is 13.2 Å². The maximum atomic E-state index is 12.4. The van der Waals surface area contributed by atoms with Gasteiger partial charge in [-0.1, -0.05) is 26.2 Å². The van der Waals surface area contributed by atoms with E-state index in [4.69, 9.17) is 5.11 Å². The molecule has 1 aliphatic rings. The Kier molecular flexibility index (Phi) is 5.40. The molecule has 1 unspecified atom stereocenters. The lowest BCUT2D eigenvalue weighted by Gasteiger charge is -2.29. The van der Waals surface area contributed by atoms with Crippen molar-refractivity contribution in [2.75, 3.05) is 0 Å². The fourth-order valence-corrected chi connectivity index (χ4v) is 5.39. The first-order valence-corrected chi connectivity index (χ1v) is 9.64. The Hall–Kier alpha value is -0.920. The molecule has 1 fully saturated rings. The number of thiophene rings is 1. The number of rotatable bonds is 6. The van der Waals surface area contributed by atoms with Crippen LogP contribution in [-0.2, 0) is 10.0 Å². The summed E-state index contributed by atoms with van der Waals surface area (Å²) >= 11 is 0.936. The van der Waals surface area contributed by atoms with Crippen LogP contribution in [0.25, 0.3) is 0 Å². The SMILES string of the molecule is CCC(NS(=O)(=O)c1csc(C(=O)O)c1)C1CCCCC1. The molecule has 5 nitrogen and oxygen atoms in total. The minimum atomic E-state index is -3.64. The zero-order valence-corrected chi connectivity index (χ0v) is 13.7. The van der Waals surface area contributed by atoms with Gasteiger partial charge >= 0.3 is 5.97 Å². The molecule has 1 aromatic heterocycles.